The average molecular weight is 280 g/mol. The Labute approximate surface area is 120 Å². The van der Waals surface area contributed by atoms with Crippen LogP contribution in [0.5, 0.6) is 11.6 Å². The minimum atomic E-state index is -0.127. The largest absolute Gasteiger partial charge is 0.438 e. The van der Waals surface area contributed by atoms with E-state index in [0.717, 1.165) is 0 Å². The molecule has 0 bridgehead atoms. The van der Waals surface area contributed by atoms with Gasteiger partial charge in [-0.2, -0.15) is 4.98 Å². The second kappa shape index (κ2) is 5.16. The highest BCUT2D eigenvalue weighted by Crippen LogP contribution is 2.27. The van der Waals surface area contributed by atoms with E-state index in [4.69, 9.17) is 10.5 Å². The van der Waals surface area contributed by atoms with E-state index < -0.39 is 0 Å². The highest BCUT2D eigenvalue weighted by atomic mass is 16.5. The maximum atomic E-state index is 11.6. The summed E-state index contributed by atoms with van der Waals surface area (Å²) in [6.07, 6.45) is 3.15. The van der Waals surface area contributed by atoms with Crippen molar-refractivity contribution in [2.45, 2.75) is 6.92 Å². The lowest BCUT2D eigenvalue weighted by atomic mass is 10.1. The Morgan fingerprint density at radius 3 is 2.76 bits per heavy atom. The molecule has 0 spiro atoms. The van der Waals surface area contributed by atoms with Gasteiger partial charge < -0.3 is 10.5 Å². The van der Waals surface area contributed by atoms with E-state index in [0.29, 0.717) is 34.0 Å². The third-order valence-corrected chi connectivity index (χ3v) is 2.90. The summed E-state index contributed by atoms with van der Waals surface area (Å²) >= 11 is 0. The van der Waals surface area contributed by atoms with Gasteiger partial charge >= 0.3 is 0 Å². The molecule has 0 saturated carbocycles. The molecule has 3 aromatic rings. The molecule has 0 aliphatic heterocycles. The summed E-state index contributed by atoms with van der Waals surface area (Å²) in [5.41, 5.74) is 7.77. The van der Waals surface area contributed by atoms with Crippen molar-refractivity contribution in [3.63, 3.8) is 0 Å². The maximum absolute atomic E-state index is 11.6. The first-order valence-electron chi connectivity index (χ1n) is 6.29. The van der Waals surface area contributed by atoms with Crippen LogP contribution in [0.3, 0.4) is 0 Å². The topological polar surface area (TPSA) is 91.0 Å². The molecule has 2 aromatic heterocycles. The summed E-state index contributed by atoms with van der Waals surface area (Å²) in [6, 6.07) is 8.34. The number of hydrogen-bond acceptors (Lipinski definition) is 6. The molecule has 3 rings (SSSR count). The molecular weight excluding hydrogens is 268 g/mol. The van der Waals surface area contributed by atoms with E-state index in [2.05, 4.69) is 15.0 Å². The second-order valence-corrected chi connectivity index (χ2v) is 4.46. The summed E-state index contributed by atoms with van der Waals surface area (Å²) in [4.78, 5) is 24.1. The van der Waals surface area contributed by atoms with Crippen LogP contribution in [0.15, 0.2) is 42.7 Å². The van der Waals surface area contributed by atoms with Crippen LogP contribution >= 0.6 is 0 Å². The molecular formula is C15H12N4O2. The number of carbonyl (C=O) groups excluding carboxylic acids is 1. The summed E-state index contributed by atoms with van der Waals surface area (Å²) in [7, 11) is 0. The Balaban J connectivity index is 2.00. The van der Waals surface area contributed by atoms with Crippen molar-refractivity contribution < 1.29 is 9.53 Å². The zero-order valence-corrected chi connectivity index (χ0v) is 11.3. The van der Waals surface area contributed by atoms with E-state index in [1.807, 2.05) is 0 Å². The molecule has 6 heteroatoms. The van der Waals surface area contributed by atoms with Crippen LogP contribution in [0.2, 0.25) is 0 Å². The first kappa shape index (κ1) is 13.0. The summed E-state index contributed by atoms with van der Waals surface area (Å²) < 4.78 is 5.68. The number of fused-ring (bicyclic) bond motifs is 1. The van der Waals surface area contributed by atoms with E-state index >= 15 is 0 Å². The number of hydrogen-bond donors (Lipinski definition) is 1. The number of ether oxygens (including phenoxy) is 1. The van der Waals surface area contributed by atoms with E-state index in [9.17, 15) is 4.79 Å². The fraction of sp³-hybridized carbons (Fsp3) is 0.0667. The third kappa shape index (κ3) is 2.64. The number of nitrogens with zero attached hydrogens (tertiary/aromatic N) is 3. The fourth-order valence-corrected chi connectivity index (χ4v) is 1.92. The minimum Gasteiger partial charge on any atom is -0.438 e. The molecule has 0 aliphatic rings. The van der Waals surface area contributed by atoms with Crippen molar-refractivity contribution >= 4 is 22.6 Å². The molecule has 0 unspecified atom stereocenters. The highest BCUT2D eigenvalue weighted by Gasteiger charge is 2.11. The summed E-state index contributed by atoms with van der Waals surface area (Å²) in [6.45, 7) is 1.46. The number of Topliss-reactive ketones (excluding diaryl/α,β-unsaturated/α-hetero) is 1. The zero-order chi connectivity index (χ0) is 14.8. The smallest absolute Gasteiger partial charge is 0.221 e. The van der Waals surface area contributed by atoms with Crippen molar-refractivity contribution in [2.75, 3.05) is 5.73 Å². The van der Waals surface area contributed by atoms with Gasteiger partial charge in [0.25, 0.3) is 0 Å². The molecule has 2 N–H and O–H groups in total. The minimum absolute atomic E-state index is 0.127. The van der Waals surface area contributed by atoms with Gasteiger partial charge in [0.15, 0.2) is 11.4 Å². The van der Waals surface area contributed by atoms with Crippen LogP contribution in [-0.4, -0.2) is 20.7 Å². The van der Waals surface area contributed by atoms with Gasteiger partial charge in [-0.05, 0) is 31.2 Å². The van der Waals surface area contributed by atoms with Crippen molar-refractivity contribution in [3.05, 3.63) is 48.3 Å². The van der Waals surface area contributed by atoms with Gasteiger partial charge in [0.1, 0.15) is 11.3 Å². The molecule has 0 saturated heterocycles. The van der Waals surface area contributed by atoms with Crippen LogP contribution < -0.4 is 10.5 Å². The molecule has 2 heterocycles. The van der Waals surface area contributed by atoms with Crippen molar-refractivity contribution in [1.29, 1.82) is 0 Å². The number of nitrogens with two attached hydrogens (primary N) is 1. The Bertz CT molecular complexity index is 833. The molecule has 1 aromatic carbocycles. The Morgan fingerprint density at radius 1 is 1.14 bits per heavy atom. The van der Waals surface area contributed by atoms with Gasteiger partial charge in [-0.3, -0.25) is 9.78 Å². The average Bonchev–Trinajstić information content (AvgIpc) is 2.49. The lowest BCUT2D eigenvalue weighted by Gasteiger charge is -2.09. The first-order valence-corrected chi connectivity index (χ1v) is 6.29. The molecule has 21 heavy (non-hydrogen) atoms. The quantitative estimate of drug-likeness (QED) is 0.585. The van der Waals surface area contributed by atoms with Gasteiger partial charge in [-0.15, -0.1) is 0 Å². The van der Waals surface area contributed by atoms with Gasteiger partial charge in [-0.1, -0.05) is 0 Å². The maximum Gasteiger partial charge on any atom is 0.221 e. The predicted molar refractivity (Wildman–Crippen MR) is 78.3 cm³/mol. The zero-order valence-electron chi connectivity index (χ0n) is 11.3. The van der Waals surface area contributed by atoms with Crippen molar-refractivity contribution in [3.8, 4) is 11.6 Å². The normalized spacial score (nSPS) is 10.5. The number of carbonyl (C=O) groups is 1. The number of anilines is 1. The number of aromatic nitrogens is 3. The van der Waals surface area contributed by atoms with Crippen LogP contribution in [0, 0.1) is 0 Å². The number of rotatable bonds is 3. The van der Waals surface area contributed by atoms with Crippen LogP contribution in [0.1, 0.15) is 17.3 Å². The van der Waals surface area contributed by atoms with Crippen LogP contribution in [0.25, 0.3) is 11.2 Å². The summed E-state index contributed by atoms with van der Waals surface area (Å²) in [5, 5.41) is 0. The van der Waals surface area contributed by atoms with Gasteiger partial charge in [0, 0.05) is 24.1 Å². The molecule has 0 radical (unpaired) electrons. The van der Waals surface area contributed by atoms with E-state index in [-0.39, 0.29) is 5.78 Å². The van der Waals surface area contributed by atoms with Crippen molar-refractivity contribution in [1.82, 2.24) is 15.0 Å². The second-order valence-electron chi connectivity index (χ2n) is 4.46. The molecule has 6 nitrogen and oxygen atoms in total. The van der Waals surface area contributed by atoms with Crippen molar-refractivity contribution in [2.24, 2.45) is 0 Å². The Morgan fingerprint density at radius 2 is 1.95 bits per heavy atom. The first-order chi connectivity index (χ1) is 10.1. The monoisotopic (exact) mass is 280 g/mol. The lowest BCUT2D eigenvalue weighted by Crippen LogP contribution is -2.00. The van der Waals surface area contributed by atoms with Crippen LogP contribution in [-0.2, 0) is 0 Å². The van der Waals surface area contributed by atoms with Crippen LogP contribution in [0.4, 0.5) is 5.69 Å². The molecule has 104 valence electrons. The number of nitrogen functional groups attached to an aromatic ring is 1. The molecule has 0 amide bonds. The predicted octanol–water partition coefficient (Wildman–Crippen LogP) is 2.60. The molecule has 0 aliphatic carbocycles. The third-order valence-electron chi connectivity index (χ3n) is 2.90. The fourth-order valence-electron chi connectivity index (χ4n) is 1.92. The number of ketones is 1. The molecule has 0 fully saturated rings. The van der Waals surface area contributed by atoms with E-state index in [1.54, 1.807) is 42.7 Å². The molecule has 0 atom stereocenters. The summed E-state index contributed by atoms with van der Waals surface area (Å²) in [5.74, 6) is 0.626. The number of pyridine rings is 1. The lowest BCUT2D eigenvalue weighted by molar-refractivity contribution is 0.101. The van der Waals surface area contributed by atoms with Gasteiger partial charge in [-0.25, -0.2) is 4.98 Å². The standard InChI is InChI=1S/C15H12N4O2/c1-9(20)11-8-10(16)2-4-13(11)21-14-5-3-12-15(19-14)18-7-6-17-12/h2-8H,16H2,1H3. The SMILES string of the molecule is CC(=O)c1cc(N)ccc1Oc1ccc2nccnc2n1. The number of benzene rings is 1. The Hall–Kier alpha value is -3.02. The Kier molecular flexibility index (Phi) is 3.19. The highest BCUT2D eigenvalue weighted by molar-refractivity contribution is 5.97. The van der Waals surface area contributed by atoms with Gasteiger partial charge in [0.05, 0.1) is 5.56 Å². The van der Waals surface area contributed by atoms with E-state index in [1.165, 1.54) is 6.92 Å². The van der Waals surface area contributed by atoms with Gasteiger partial charge in [0.2, 0.25) is 5.88 Å².